The maximum Gasteiger partial charge on any atom is 0.408 e. The fourth-order valence-corrected chi connectivity index (χ4v) is 2.03. The van der Waals surface area contributed by atoms with Crippen LogP contribution in [0.15, 0.2) is 60.7 Å². The van der Waals surface area contributed by atoms with Gasteiger partial charge in [0.25, 0.3) is 0 Å². The Hall–Kier alpha value is -3.19. The zero-order valence-corrected chi connectivity index (χ0v) is 14.0. The van der Waals surface area contributed by atoms with Gasteiger partial charge in [-0.3, -0.25) is 4.79 Å². The van der Waals surface area contributed by atoms with Crippen molar-refractivity contribution < 1.29 is 29.0 Å². The number of hydrogen-bond acceptors (Lipinski definition) is 6. The Kier molecular flexibility index (Phi) is 7.32. The number of nitrogens with one attached hydrogen (secondary N) is 1. The molecule has 0 saturated carbocycles. The maximum absolute atomic E-state index is 11.9. The summed E-state index contributed by atoms with van der Waals surface area (Å²) < 4.78 is 9.83. The third-order valence-corrected chi connectivity index (χ3v) is 3.41. The molecule has 0 spiro atoms. The topological polar surface area (TPSA) is 102 Å². The number of Topliss-reactive ketones (excluding diaryl/α,β-unsaturated/α-hetero) is 1. The minimum Gasteiger partial charge on any atom is -0.456 e. The first-order chi connectivity index (χ1) is 12.6. The normalized spacial score (nSPS) is 11.3. The zero-order chi connectivity index (χ0) is 18.8. The van der Waals surface area contributed by atoms with Gasteiger partial charge in [0.1, 0.15) is 6.61 Å². The highest BCUT2D eigenvalue weighted by Crippen LogP contribution is 2.03. The fraction of sp³-hybridized carbons (Fsp3) is 0.211. The molecule has 0 aromatic heterocycles. The van der Waals surface area contributed by atoms with Gasteiger partial charge in [-0.25, -0.2) is 9.59 Å². The van der Waals surface area contributed by atoms with Crippen LogP contribution in [-0.2, 0) is 20.9 Å². The van der Waals surface area contributed by atoms with E-state index < -0.39 is 31.3 Å². The summed E-state index contributed by atoms with van der Waals surface area (Å²) in [6.45, 7) is -1.15. The summed E-state index contributed by atoms with van der Waals surface area (Å²) >= 11 is 0. The van der Waals surface area contributed by atoms with Gasteiger partial charge in [0.05, 0.1) is 6.61 Å². The molecular formula is C19H19NO6. The molecule has 0 unspecified atom stereocenters. The Morgan fingerprint density at radius 3 is 2.15 bits per heavy atom. The summed E-state index contributed by atoms with van der Waals surface area (Å²) in [5, 5.41) is 11.5. The van der Waals surface area contributed by atoms with E-state index >= 15 is 0 Å². The van der Waals surface area contributed by atoms with Crippen LogP contribution in [-0.4, -0.2) is 42.2 Å². The van der Waals surface area contributed by atoms with Crippen molar-refractivity contribution in [3.63, 3.8) is 0 Å². The summed E-state index contributed by atoms with van der Waals surface area (Å²) in [5.41, 5.74) is 1.18. The van der Waals surface area contributed by atoms with Crippen LogP contribution in [0.4, 0.5) is 4.79 Å². The predicted molar refractivity (Wildman–Crippen MR) is 92.4 cm³/mol. The molecule has 0 heterocycles. The number of rotatable bonds is 8. The molecule has 2 aromatic carbocycles. The van der Waals surface area contributed by atoms with Gasteiger partial charge in [0.15, 0.2) is 18.4 Å². The van der Waals surface area contributed by atoms with Gasteiger partial charge in [0.2, 0.25) is 0 Å². The van der Waals surface area contributed by atoms with Crippen molar-refractivity contribution in [3.05, 3.63) is 71.8 Å². The van der Waals surface area contributed by atoms with E-state index in [0.29, 0.717) is 5.56 Å². The van der Waals surface area contributed by atoms with Crippen LogP contribution in [0, 0.1) is 0 Å². The number of esters is 1. The quantitative estimate of drug-likeness (QED) is 0.551. The lowest BCUT2D eigenvalue weighted by Gasteiger charge is -2.15. The Balaban J connectivity index is 1.78. The van der Waals surface area contributed by atoms with Crippen LogP contribution in [0.1, 0.15) is 15.9 Å². The summed E-state index contributed by atoms with van der Waals surface area (Å²) in [7, 11) is 0. The first kappa shape index (κ1) is 19.1. The lowest BCUT2D eigenvalue weighted by molar-refractivity contribution is -0.145. The molecule has 26 heavy (non-hydrogen) atoms. The molecule has 136 valence electrons. The van der Waals surface area contributed by atoms with E-state index in [1.807, 2.05) is 6.07 Å². The molecule has 0 aliphatic rings. The van der Waals surface area contributed by atoms with Crippen LogP contribution >= 0.6 is 0 Å². The van der Waals surface area contributed by atoms with Crippen LogP contribution in [0.2, 0.25) is 0 Å². The molecule has 0 bridgehead atoms. The monoisotopic (exact) mass is 357 g/mol. The molecule has 0 aliphatic carbocycles. The molecule has 2 N–H and O–H groups in total. The van der Waals surface area contributed by atoms with Gasteiger partial charge in [-0.1, -0.05) is 60.7 Å². The summed E-state index contributed by atoms with van der Waals surface area (Å²) in [4.78, 5) is 35.5. The van der Waals surface area contributed by atoms with Gasteiger partial charge in [-0.15, -0.1) is 0 Å². The predicted octanol–water partition coefficient (Wildman–Crippen LogP) is 1.70. The molecule has 1 atom stereocenters. The number of carbonyl (C=O) groups excluding carboxylic acids is 3. The molecule has 2 rings (SSSR count). The van der Waals surface area contributed by atoms with Gasteiger partial charge < -0.3 is 19.9 Å². The van der Waals surface area contributed by atoms with Crippen molar-refractivity contribution >= 4 is 17.8 Å². The van der Waals surface area contributed by atoms with Gasteiger partial charge in [-0.05, 0) is 5.56 Å². The minimum absolute atomic E-state index is 0.0202. The summed E-state index contributed by atoms with van der Waals surface area (Å²) in [6, 6.07) is 16.0. The van der Waals surface area contributed by atoms with E-state index in [4.69, 9.17) is 9.47 Å². The second-order valence-corrected chi connectivity index (χ2v) is 5.34. The third-order valence-electron chi connectivity index (χ3n) is 3.41. The molecule has 7 heteroatoms. The molecule has 0 radical (unpaired) electrons. The molecule has 0 saturated heterocycles. The zero-order valence-electron chi connectivity index (χ0n) is 14.0. The highest BCUT2D eigenvalue weighted by atomic mass is 16.6. The fourth-order valence-electron chi connectivity index (χ4n) is 2.03. The minimum atomic E-state index is -1.32. The lowest BCUT2D eigenvalue weighted by atomic mass is 10.1. The average molecular weight is 357 g/mol. The van der Waals surface area contributed by atoms with Gasteiger partial charge >= 0.3 is 12.1 Å². The Morgan fingerprint density at radius 2 is 1.54 bits per heavy atom. The number of carbonyl (C=O) groups is 3. The first-order valence-electron chi connectivity index (χ1n) is 7.93. The number of ketones is 1. The molecule has 1 amide bonds. The van der Waals surface area contributed by atoms with Crippen LogP contribution in [0.25, 0.3) is 0 Å². The summed E-state index contributed by atoms with van der Waals surface area (Å²) in [6.07, 6.45) is -0.876. The van der Waals surface area contributed by atoms with Crippen molar-refractivity contribution in [3.8, 4) is 0 Å². The number of alkyl carbamates (subject to hydrolysis) is 1. The number of hydrogen-bond donors (Lipinski definition) is 2. The molecule has 0 fully saturated rings. The number of ether oxygens (including phenoxy) is 2. The maximum atomic E-state index is 11.9. The first-order valence-corrected chi connectivity index (χ1v) is 7.93. The molecule has 7 nitrogen and oxygen atoms in total. The third kappa shape index (κ3) is 6.03. The number of amides is 1. The number of aliphatic hydroxyl groups is 1. The smallest absolute Gasteiger partial charge is 0.408 e. The molecule has 2 aromatic rings. The molecule has 0 aliphatic heterocycles. The average Bonchev–Trinajstić information content (AvgIpc) is 2.69. The van der Waals surface area contributed by atoms with Crippen LogP contribution < -0.4 is 5.32 Å². The van der Waals surface area contributed by atoms with Crippen molar-refractivity contribution in [2.75, 3.05) is 13.2 Å². The SMILES string of the molecule is O=C(N[C@@H](CO)C(=O)OCC(=O)c1ccccc1)OCc1ccccc1. The van der Waals surface area contributed by atoms with E-state index in [1.165, 1.54) is 0 Å². The number of benzene rings is 2. The van der Waals surface area contributed by atoms with Crippen molar-refractivity contribution in [2.45, 2.75) is 12.6 Å². The Labute approximate surface area is 150 Å². The number of aliphatic hydroxyl groups excluding tert-OH is 1. The lowest BCUT2D eigenvalue weighted by Crippen LogP contribution is -2.45. The highest BCUT2D eigenvalue weighted by Gasteiger charge is 2.23. The Morgan fingerprint density at radius 1 is 0.923 bits per heavy atom. The van der Waals surface area contributed by atoms with Crippen molar-refractivity contribution in [2.24, 2.45) is 0 Å². The largest absolute Gasteiger partial charge is 0.456 e. The van der Waals surface area contributed by atoms with Crippen LogP contribution in [0.3, 0.4) is 0 Å². The highest BCUT2D eigenvalue weighted by molar-refractivity contribution is 5.98. The van der Waals surface area contributed by atoms with E-state index in [-0.39, 0.29) is 12.4 Å². The summed E-state index contributed by atoms with van der Waals surface area (Å²) in [5.74, 6) is -1.31. The van der Waals surface area contributed by atoms with Crippen LogP contribution in [0.5, 0.6) is 0 Å². The second kappa shape index (κ2) is 9.95. The van der Waals surface area contributed by atoms with E-state index in [1.54, 1.807) is 54.6 Å². The van der Waals surface area contributed by atoms with Gasteiger partial charge in [-0.2, -0.15) is 0 Å². The van der Waals surface area contributed by atoms with E-state index in [0.717, 1.165) is 5.56 Å². The second-order valence-electron chi connectivity index (χ2n) is 5.34. The standard InChI is InChI=1S/C19H19NO6/c21-11-16(20-19(24)26-12-14-7-3-1-4-8-14)18(23)25-13-17(22)15-9-5-2-6-10-15/h1-10,16,21H,11-13H2,(H,20,24)/t16-/m0/s1. The van der Waals surface area contributed by atoms with E-state index in [9.17, 15) is 19.5 Å². The van der Waals surface area contributed by atoms with Crippen molar-refractivity contribution in [1.82, 2.24) is 5.32 Å². The van der Waals surface area contributed by atoms with Gasteiger partial charge in [0, 0.05) is 5.56 Å². The van der Waals surface area contributed by atoms with Crippen molar-refractivity contribution in [1.29, 1.82) is 0 Å². The Bertz CT molecular complexity index is 732. The van der Waals surface area contributed by atoms with E-state index in [2.05, 4.69) is 5.32 Å². The molecular weight excluding hydrogens is 338 g/mol.